The molecule has 1 N–H and O–H groups in total. The minimum atomic E-state index is -0.303. The fraction of sp³-hybridized carbons (Fsp3) is 0.111. The van der Waals surface area contributed by atoms with Gasteiger partial charge in [-0.05, 0) is 36.4 Å². The molecule has 0 atom stereocenters. The summed E-state index contributed by atoms with van der Waals surface area (Å²) in [6.45, 7) is 4.00. The lowest BCUT2D eigenvalue weighted by Gasteiger charge is -2.04. The monoisotopic (exact) mass is 334 g/mol. The van der Waals surface area contributed by atoms with Crippen LogP contribution in [-0.4, -0.2) is 24.6 Å². The van der Waals surface area contributed by atoms with Crippen molar-refractivity contribution in [1.82, 2.24) is 24.6 Å². The van der Waals surface area contributed by atoms with Gasteiger partial charge in [0.25, 0.3) is 0 Å². The molecule has 0 amide bonds. The molecule has 0 radical (unpaired) electrons. The van der Waals surface area contributed by atoms with Crippen molar-refractivity contribution in [3.05, 3.63) is 60.4 Å². The van der Waals surface area contributed by atoms with Crippen molar-refractivity contribution in [3.63, 3.8) is 0 Å². The minimum Gasteiger partial charge on any atom is -0.343 e. The first-order valence-corrected chi connectivity index (χ1v) is 7.81. The Labute approximate surface area is 143 Å². The highest BCUT2D eigenvalue weighted by Crippen LogP contribution is 2.28. The topological polar surface area (TPSA) is 82.7 Å². The van der Waals surface area contributed by atoms with Gasteiger partial charge in [-0.1, -0.05) is 13.8 Å². The second-order valence-electron chi connectivity index (χ2n) is 4.88. The molecule has 0 bridgehead atoms. The van der Waals surface area contributed by atoms with Crippen LogP contribution in [0.15, 0.2) is 48.9 Å². The number of H-pyrrole nitrogens is 1. The number of nitriles is 1. The summed E-state index contributed by atoms with van der Waals surface area (Å²) in [6.07, 6.45) is 3.03. The van der Waals surface area contributed by atoms with Crippen LogP contribution in [-0.2, 0) is 0 Å². The smallest absolute Gasteiger partial charge is 0.162 e. The van der Waals surface area contributed by atoms with E-state index < -0.39 is 0 Å². The van der Waals surface area contributed by atoms with Crippen molar-refractivity contribution in [3.8, 4) is 28.7 Å². The number of benzene rings is 1. The van der Waals surface area contributed by atoms with Crippen molar-refractivity contribution in [2.24, 2.45) is 0 Å². The van der Waals surface area contributed by atoms with Gasteiger partial charge < -0.3 is 4.98 Å². The molecule has 0 fully saturated rings. The van der Waals surface area contributed by atoms with Crippen molar-refractivity contribution < 1.29 is 4.39 Å². The maximum Gasteiger partial charge on any atom is 0.162 e. The molecule has 6 nitrogen and oxygen atoms in total. The average molecular weight is 334 g/mol. The van der Waals surface area contributed by atoms with E-state index in [2.05, 4.69) is 20.1 Å². The largest absolute Gasteiger partial charge is 0.343 e. The van der Waals surface area contributed by atoms with Gasteiger partial charge in [-0.2, -0.15) is 10.4 Å². The Morgan fingerprint density at radius 1 is 1.08 bits per heavy atom. The number of nitrogens with zero attached hydrogens (tertiary/aromatic N) is 5. The Bertz CT molecular complexity index is 1040. The number of aromatic nitrogens is 5. The summed E-state index contributed by atoms with van der Waals surface area (Å²) in [5.74, 6) is -0.303. The van der Waals surface area contributed by atoms with Crippen LogP contribution in [0.4, 0.5) is 4.39 Å². The predicted molar refractivity (Wildman–Crippen MR) is 92.0 cm³/mol. The molecule has 4 aromatic rings. The normalized spacial score (nSPS) is 10.2. The number of imidazole rings is 2. The molecule has 0 aliphatic rings. The average Bonchev–Trinajstić information content (AvgIpc) is 3.30. The highest BCUT2D eigenvalue weighted by molar-refractivity contribution is 5.76. The van der Waals surface area contributed by atoms with Crippen LogP contribution in [0.3, 0.4) is 0 Å². The fourth-order valence-electron chi connectivity index (χ4n) is 2.40. The van der Waals surface area contributed by atoms with Gasteiger partial charge in [-0.15, -0.1) is 0 Å². The molecule has 25 heavy (non-hydrogen) atoms. The van der Waals surface area contributed by atoms with E-state index in [4.69, 9.17) is 5.26 Å². The fourth-order valence-corrected chi connectivity index (χ4v) is 2.40. The first-order chi connectivity index (χ1) is 12.3. The number of rotatable bonds is 2. The Kier molecular flexibility index (Phi) is 4.53. The molecule has 0 aliphatic carbocycles. The van der Waals surface area contributed by atoms with Crippen LogP contribution in [0.1, 0.15) is 19.5 Å². The summed E-state index contributed by atoms with van der Waals surface area (Å²) in [4.78, 5) is 11.5. The number of hydrogen-bond donors (Lipinski definition) is 1. The molecular weight excluding hydrogens is 319 g/mol. The maximum absolute atomic E-state index is 13.1. The zero-order valence-electron chi connectivity index (χ0n) is 13.7. The molecule has 124 valence electrons. The second-order valence-corrected chi connectivity index (χ2v) is 4.88. The van der Waals surface area contributed by atoms with Crippen molar-refractivity contribution >= 4 is 5.65 Å². The Balaban J connectivity index is 0.000000880. The van der Waals surface area contributed by atoms with E-state index in [-0.39, 0.29) is 5.82 Å². The highest BCUT2D eigenvalue weighted by atomic mass is 19.1. The Hall–Kier alpha value is -3.53. The first-order valence-electron chi connectivity index (χ1n) is 7.81. The standard InChI is InChI=1S/C16H9FN6.C2H6/c17-11-3-1-10(2-4-11)15-16(21-9-20-15)13-5-6-14-19-8-12(7-18)23(14)22-13;1-2/h1-6,8-9H,(H,20,21);1-2H3. The van der Waals surface area contributed by atoms with Crippen molar-refractivity contribution in [1.29, 1.82) is 5.26 Å². The van der Waals surface area contributed by atoms with E-state index in [1.165, 1.54) is 22.8 Å². The van der Waals surface area contributed by atoms with Gasteiger partial charge in [0.1, 0.15) is 17.6 Å². The number of fused-ring (bicyclic) bond motifs is 1. The lowest BCUT2D eigenvalue weighted by molar-refractivity contribution is 0.628. The maximum atomic E-state index is 13.1. The molecule has 3 heterocycles. The van der Waals surface area contributed by atoms with Crippen LogP contribution in [0.5, 0.6) is 0 Å². The van der Waals surface area contributed by atoms with Gasteiger partial charge in [0, 0.05) is 5.56 Å². The third-order valence-electron chi connectivity index (χ3n) is 3.49. The number of halogens is 1. The third-order valence-corrected chi connectivity index (χ3v) is 3.49. The third kappa shape index (κ3) is 2.97. The summed E-state index contributed by atoms with van der Waals surface area (Å²) < 4.78 is 14.6. The second kappa shape index (κ2) is 6.93. The number of aromatic amines is 1. The summed E-state index contributed by atoms with van der Waals surface area (Å²) >= 11 is 0. The molecule has 0 saturated heterocycles. The van der Waals surface area contributed by atoms with Crippen LogP contribution >= 0.6 is 0 Å². The van der Waals surface area contributed by atoms with Crippen LogP contribution in [0, 0.1) is 17.1 Å². The van der Waals surface area contributed by atoms with E-state index >= 15 is 0 Å². The Morgan fingerprint density at radius 3 is 2.56 bits per heavy atom. The van der Waals surface area contributed by atoms with Gasteiger partial charge in [0.2, 0.25) is 0 Å². The van der Waals surface area contributed by atoms with E-state index in [0.717, 1.165) is 5.56 Å². The van der Waals surface area contributed by atoms with Gasteiger partial charge >= 0.3 is 0 Å². The van der Waals surface area contributed by atoms with Gasteiger partial charge in [0.05, 0.1) is 23.9 Å². The van der Waals surface area contributed by atoms with Crippen molar-refractivity contribution in [2.45, 2.75) is 13.8 Å². The summed E-state index contributed by atoms with van der Waals surface area (Å²) in [5.41, 5.74) is 3.68. The van der Waals surface area contributed by atoms with Crippen LogP contribution in [0.25, 0.3) is 28.3 Å². The lowest BCUT2D eigenvalue weighted by Crippen LogP contribution is -1.97. The molecular formula is C18H15FN6. The first kappa shape index (κ1) is 16.3. The van der Waals surface area contributed by atoms with Crippen molar-refractivity contribution in [2.75, 3.05) is 0 Å². The van der Waals surface area contributed by atoms with Crippen LogP contribution < -0.4 is 0 Å². The summed E-state index contributed by atoms with van der Waals surface area (Å²) in [5, 5.41) is 13.5. The Morgan fingerprint density at radius 2 is 1.84 bits per heavy atom. The number of hydrogen-bond acceptors (Lipinski definition) is 4. The van der Waals surface area contributed by atoms with Gasteiger partial charge in [0.15, 0.2) is 11.3 Å². The molecule has 4 rings (SSSR count). The van der Waals surface area contributed by atoms with E-state index in [9.17, 15) is 4.39 Å². The quantitative estimate of drug-likeness (QED) is 0.604. The van der Waals surface area contributed by atoms with Crippen LogP contribution in [0.2, 0.25) is 0 Å². The zero-order valence-corrected chi connectivity index (χ0v) is 13.7. The molecule has 0 spiro atoms. The lowest BCUT2D eigenvalue weighted by atomic mass is 10.1. The van der Waals surface area contributed by atoms with Gasteiger partial charge in [-0.25, -0.2) is 18.9 Å². The number of nitrogens with one attached hydrogen (secondary N) is 1. The predicted octanol–water partition coefficient (Wildman–Crippen LogP) is 3.82. The highest BCUT2D eigenvalue weighted by Gasteiger charge is 2.13. The van der Waals surface area contributed by atoms with E-state index in [1.807, 2.05) is 19.9 Å². The van der Waals surface area contributed by atoms with Gasteiger partial charge in [-0.3, -0.25) is 0 Å². The molecule has 1 aromatic carbocycles. The molecule has 0 saturated carbocycles. The molecule has 0 aliphatic heterocycles. The zero-order chi connectivity index (χ0) is 17.8. The SMILES string of the molecule is CC.N#Cc1cnc2ccc(-c3[nH]cnc3-c3ccc(F)cc3)nn12. The molecule has 7 heteroatoms. The minimum absolute atomic E-state index is 0.303. The molecule has 3 aromatic heterocycles. The summed E-state index contributed by atoms with van der Waals surface area (Å²) in [7, 11) is 0. The summed E-state index contributed by atoms with van der Waals surface area (Å²) in [6, 6.07) is 11.7. The van der Waals surface area contributed by atoms with E-state index in [0.29, 0.717) is 28.4 Å². The van der Waals surface area contributed by atoms with E-state index in [1.54, 1.807) is 30.6 Å². The molecule has 0 unspecified atom stereocenters.